The smallest absolute Gasteiger partial charge is 0.251 e. The standard InChI is InChI=1S/C22H27ClN2O3/c23-20-14-16(22(26)24-17-4-1-2-5-17)7-8-21(20)28-18-9-11-25(12-10-18)15-19-6-3-13-27-19/h3,6-8,13-14,17-18H,1-2,4-5,9-12,15H2,(H,24,26). The molecule has 2 fully saturated rings. The molecule has 2 aromatic rings. The monoisotopic (exact) mass is 402 g/mol. The molecule has 2 heterocycles. The fourth-order valence-electron chi connectivity index (χ4n) is 4.06. The van der Waals surface area contributed by atoms with Crippen molar-refractivity contribution in [1.29, 1.82) is 0 Å². The number of carbonyl (C=O) groups excluding carboxylic acids is 1. The van der Waals surface area contributed by atoms with Crippen molar-refractivity contribution in [3.05, 3.63) is 52.9 Å². The van der Waals surface area contributed by atoms with Gasteiger partial charge in [0.25, 0.3) is 5.91 Å². The highest BCUT2D eigenvalue weighted by molar-refractivity contribution is 6.32. The highest BCUT2D eigenvalue weighted by Gasteiger charge is 2.23. The Hall–Kier alpha value is -1.98. The van der Waals surface area contributed by atoms with Crippen LogP contribution in [0.2, 0.25) is 5.02 Å². The van der Waals surface area contributed by atoms with Crippen LogP contribution in [0.4, 0.5) is 0 Å². The number of piperidine rings is 1. The van der Waals surface area contributed by atoms with Crippen LogP contribution in [-0.2, 0) is 6.54 Å². The predicted octanol–water partition coefficient (Wildman–Crippen LogP) is 4.65. The van der Waals surface area contributed by atoms with Crippen LogP contribution < -0.4 is 10.1 Å². The Bertz CT molecular complexity index is 779. The van der Waals surface area contributed by atoms with Crippen LogP contribution in [0.5, 0.6) is 5.75 Å². The SMILES string of the molecule is O=C(NC1CCCC1)c1ccc(OC2CCN(Cc3ccco3)CC2)c(Cl)c1. The second-order valence-corrected chi connectivity index (χ2v) is 8.18. The number of hydrogen-bond acceptors (Lipinski definition) is 4. The zero-order valence-electron chi connectivity index (χ0n) is 16.0. The maximum absolute atomic E-state index is 12.4. The molecule has 150 valence electrons. The van der Waals surface area contributed by atoms with E-state index in [4.69, 9.17) is 20.8 Å². The summed E-state index contributed by atoms with van der Waals surface area (Å²) in [5.74, 6) is 1.60. The summed E-state index contributed by atoms with van der Waals surface area (Å²) in [5, 5.41) is 3.59. The molecule has 0 bridgehead atoms. The topological polar surface area (TPSA) is 54.7 Å². The quantitative estimate of drug-likeness (QED) is 0.764. The Labute approximate surface area is 171 Å². The highest BCUT2D eigenvalue weighted by Crippen LogP contribution is 2.29. The summed E-state index contributed by atoms with van der Waals surface area (Å²) in [6, 6.07) is 9.57. The number of hydrogen-bond donors (Lipinski definition) is 1. The van der Waals surface area contributed by atoms with Gasteiger partial charge in [0.2, 0.25) is 0 Å². The van der Waals surface area contributed by atoms with E-state index >= 15 is 0 Å². The van der Waals surface area contributed by atoms with E-state index in [1.165, 1.54) is 12.8 Å². The molecule has 5 nitrogen and oxygen atoms in total. The Morgan fingerprint density at radius 1 is 1.18 bits per heavy atom. The van der Waals surface area contributed by atoms with E-state index in [-0.39, 0.29) is 12.0 Å². The summed E-state index contributed by atoms with van der Waals surface area (Å²) in [6.45, 7) is 2.76. The van der Waals surface area contributed by atoms with E-state index in [1.807, 2.05) is 18.2 Å². The Kier molecular flexibility index (Phi) is 6.23. The largest absolute Gasteiger partial charge is 0.489 e. The minimum Gasteiger partial charge on any atom is -0.489 e. The van der Waals surface area contributed by atoms with Crippen LogP contribution in [0.15, 0.2) is 41.0 Å². The Balaban J connectivity index is 1.28. The summed E-state index contributed by atoms with van der Waals surface area (Å²) in [6.07, 6.45) is 8.27. The lowest BCUT2D eigenvalue weighted by Crippen LogP contribution is -2.37. The van der Waals surface area contributed by atoms with E-state index in [2.05, 4.69) is 10.2 Å². The number of amides is 1. The van der Waals surface area contributed by atoms with Gasteiger partial charge in [-0.25, -0.2) is 0 Å². The first-order valence-electron chi connectivity index (χ1n) is 10.2. The van der Waals surface area contributed by atoms with Gasteiger partial charge in [0.1, 0.15) is 17.6 Å². The third-order valence-corrected chi connectivity index (χ3v) is 5.97. The van der Waals surface area contributed by atoms with Gasteiger partial charge < -0.3 is 14.5 Å². The molecule has 0 unspecified atom stereocenters. The molecule has 6 heteroatoms. The molecule has 2 aliphatic rings. The number of halogens is 1. The molecule has 1 amide bonds. The van der Waals surface area contributed by atoms with E-state index in [0.717, 1.165) is 51.1 Å². The third kappa shape index (κ3) is 4.89. The normalized spacial score (nSPS) is 19.0. The Morgan fingerprint density at radius 2 is 1.96 bits per heavy atom. The zero-order valence-corrected chi connectivity index (χ0v) is 16.8. The predicted molar refractivity (Wildman–Crippen MR) is 109 cm³/mol. The van der Waals surface area contributed by atoms with E-state index in [9.17, 15) is 4.79 Å². The van der Waals surface area contributed by atoms with E-state index in [0.29, 0.717) is 22.4 Å². The summed E-state index contributed by atoms with van der Waals surface area (Å²) in [5.41, 5.74) is 0.595. The summed E-state index contributed by atoms with van der Waals surface area (Å²) >= 11 is 6.41. The molecule has 1 aromatic carbocycles. The molecule has 0 radical (unpaired) electrons. The second kappa shape index (κ2) is 9.01. The minimum atomic E-state index is -0.0495. The van der Waals surface area contributed by atoms with Crippen molar-refractivity contribution in [2.45, 2.75) is 57.2 Å². The number of nitrogens with one attached hydrogen (secondary N) is 1. The van der Waals surface area contributed by atoms with Gasteiger partial charge in [-0.15, -0.1) is 0 Å². The van der Waals surface area contributed by atoms with Crippen LogP contribution in [-0.4, -0.2) is 36.0 Å². The van der Waals surface area contributed by atoms with Gasteiger partial charge >= 0.3 is 0 Å². The molecule has 0 spiro atoms. The first kappa shape index (κ1) is 19.3. The molecular weight excluding hydrogens is 376 g/mol. The molecule has 28 heavy (non-hydrogen) atoms. The molecule has 1 aliphatic heterocycles. The highest BCUT2D eigenvalue weighted by atomic mass is 35.5. The van der Waals surface area contributed by atoms with Crippen molar-refractivity contribution in [3.8, 4) is 5.75 Å². The van der Waals surface area contributed by atoms with Gasteiger partial charge in [-0.05, 0) is 56.0 Å². The fraction of sp³-hybridized carbons (Fsp3) is 0.500. The van der Waals surface area contributed by atoms with Gasteiger partial charge in [-0.2, -0.15) is 0 Å². The van der Waals surface area contributed by atoms with Gasteiger partial charge in [0.05, 0.1) is 17.8 Å². The van der Waals surface area contributed by atoms with Crippen LogP contribution in [0, 0.1) is 0 Å². The van der Waals surface area contributed by atoms with Gasteiger partial charge in [0.15, 0.2) is 0 Å². The molecule has 0 atom stereocenters. The summed E-state index contributed by atoms with van der Waals surface area (Å²) in [4.78, 5) is 14.8. The van der Waals surface area contributed by atoms with Crippen molar-refractivity contribution >= 4 is 17.5 Å². The molecule has 1 saturated carbocycles. The Morgan fingerprint density at radius 3 is 2.64 bits per heavy atom. The van der Waals surface area contributed by atoms with Gasteiger partial charge in [-0.3, -0.25) is 9.69 Å². The molecule has 1 aromatic heterocycles. The first-order valence-corrected chi connectivity index (χ1v) is 10.6. The maximum atomic E-state index is 12.4. The number of ether oxygens (including phenoxy) is 1. The molecule has 4 rings (SSSR count). The molecular formula is C22H27ClN2O3. The molecule has 1 N–H and O–H groups in total. The van der Waals surface area contributed by atoms with E-state index in [1.54, 1.807) is 18.4 Å². The van der Waals surface area contributed by atoms with Crippen LogP contribution in [0.25, 0.3) is 0 Å². The average molecular weight is 403 g/mol. The summed E-state index contributed by atoms with van der Waals surface area (Å²) in [7, 11) is 0. The van der Waals surface area contributed by atoms with Gasteiger partial charge in [-0.1, -0.05) is 24.4 Å². The third-order valence-electron chi connectivity index (χ3n) is 5.67. The molecule has 1 aliphatic carbocycles. The number of benzene rings is 1. The minimum absolute atomic E-state index is 0.0495. The van der Waals surface area contributed by atoms with Crippen molar-refractivity contribution in [3.63, 3.8) is 0 Å². The van der Waals surface area contributed by atoms with Crippen molar-refractivity contribution in [2.24, 2.45) is 0 Å². The van der Waals surface area contributed by atoms with Gasteiger partial charge in [0, 0.05) is 24.7 Å². The summed E-state index contributed by atoms with van der Waals surface area (Å²) < 4.78 is 11.5. The van der Waals surface area contributed by atoms with Crippen molar-refractivity contribution in [1.82, 2.24) is 10.2 Å². The first-order chi connectivity index (χ1) is 13.7. The number of furan rings is 1. The maximum Gasteiger partial charge on any atom is 0.251 e. The second-order valence-electron chi connectivity index (χ2n) is 7.77. The number of likely N-dealkylation sites (tertiary alicyclic amines) is 1. The molecule has 1 saturated heterocycles. The number of nitrogens with zero attached hydrogens (tertiary/aromatic N) is 1. The average Bonchev–Trinajstić information content (AvgIpc) is 3.39. The zero-order chi connectivity index (χ0) is 19.3. The lowest BCUT2D eigenvalue weighted by Gasteiger charge is -2.31. The number of carbonyl (C=O) groups is 1. The van der Waals surface area contributed by atoms with Crippen molar-refractivity contribution in [2.75, 3.05) is 13.1 Å². The van der Waals surface area contributed by atoms with Crippen molar-refractivity contribution < 1.29 is 13.9 Å². The number of rotatable bonds is 6. The fourth-order valence-corrected chi connectivity index (χ4v) is 4.29. The van der Waals surface area contributed by atoms with E-state index < -0.39 is 0 Å². The van der Waals surface area contributed by atoms with Crippen LogP contribution in [0.3, 0.4) is 0 Å². The van der Waals surface area contributed by atoms with Crippen LogP contribution >= 0.6 is 11.6 Å². The lowest BCUT2D eigenvalue weighted by atomic mass is 10.1. The lowest BCUT2D eigenvalue weighted by molar-refractivity contribution is 0.0925. The van der Waals surface area contributed by atoms with Crippen LogP contribution in [0.1, 0.15) is 54.6 Å².